The van der Waals surface area contributed by atoms with E-state index in [-0.39, 0.29) is 41.7 Å². The summed E-state index contributed by atoms with van der Waals surface area (Å²) in [6.45, 7) is 2.65. The average molecular weight is 512 g/mol. The molecule has 0 spiro atoms. The minimum absolute atomic E-state index is 0.0153. The van der Waals surface area contributed by atoms with Crippen LogP contribution in [0.3, 0.4) is 0 Å². The van der Waals surface area contributed by atoms with Crippen molar-refractivity contribution >= 4 is 34.9 Å². The van der Waals surface area contributed by atoms with E-state index in [4.69, 9.17) is 16.2 Å². The van der Waals surface area contributed by atoms with Gasteiger partial charge in [-0.25, -0.2) is 0 Å². The number of aromatic hydroxyl groups is 1. The van der Waals surface area contributed by atoms with Crippen molar-refractivity contribution in [1.82, 2.24) is 14.6 Å². The monoisotopic (exact) mass is 511 g/mol. The molecule has 11 heteroatoms. The second kappa shape index (κ2) is 12.1. The van der Waals surface area contributed by atoms with Crippen LogP contribution in [0.5, 0.6) is 5.75 Å². The Hall–Kier alpha value is -3.96. The molecule has 190 valence electrons. The molecule has 2 aromatic carbocycles. The Labute approximate surface area is 213 Å². The number of methoxy groups -OCH3 is 1. The van der Waals surface area contributed by atoms with Crippen molar-refractivity contribution in [3.05, 3.63) is 75.8 Å². The number of phenols is 1. The van der Waals surface area contributed by atoms with Crippen LogP contribution in [0.1, 0.15) is 42.9 Å². The molecule has 6 N–H and O–H groups in total. The van der Waals surface area contributed by atoms with Gasteiger partial charge in [-0.05, 0) is 48.1 Å². The lowest BCUT2D eigenvalue weighted by molar-refractivity contribution is -0.126. The van der Waals surface area contributed by atoms with E-state index in [9.17, 15) is 19.5 Å². The molecule has 3 amide bonds. The number of anilines is 1. The number of ether oxygens (including phenoxy) is 1. The predicted molar refractivity (Wildman–Crippen MR) is 137 cm³/mol. The van der Waals surface area contributed by atoms with Crippen molar-refractivity contribution in [2.24, 2.45) is 5.73 Å². The number of hydrogen-bond donors (Lipinski definition) is 4. The quantitative estimate of drug-likeness (QED) is 0.286. The van der Waals surface area contributed by atoms with Gasteiger partial charge in [-0.2, -0.15) is 4.37 Å². The molecule has 36 heavy (non-hydrogen) atoms. The number of hydrogen-bond acceptors (Lipinski definition) is 8. The lowest BCUT2D eigenvalue weighted by Crippen LogP contribution is -2.45. The summed E-state index contributed by atoms with van der Waals surface area (Å²) in [5, 5.41) is 12.6. The maximum absolute atomic E-state index is 13.8. The van der Waals surface area contributed by atoms with Crippen molar-refractivity contribution < 1.29 is 24.2 Å². The smallest absolute Gasteiger partial charge is 0.270 e. The van der Waals surface area contributed by atoms with Gasteiger partial charge in [0.1, 0.15) is 16.7 Å². The van der Waals surface area contributed by atoms with Gasteiger partial charge in [0.2, 0.25) is 5.91 Å². The highest BCUT2D eigenvalue weighted by Crippen LogP contribution is 2.30. The van der Waals surface area contributed by atoms with Crippen LogP contribution in [0.15, 0.2) is 48.5 Å². The summed E-state index contributed by atoms with van der Waals surface area (Å²) in [5.41, 5.74) is 13.6. The van der Waals surface area contributed by atoms with Crippen LogP contribution in [0, 0.1) is 6.92 Å². The van der Waals surface area contributed by atoms with E-state index in [1.165, 1.54) is 24.1 Å². The number of carbonyl (C=O) groups is 3. The third-order valence-corrected chi connectivity index (χ3v) is 6.37. The van der Waals surface area contributed by atoms with Crippen LogP contribution < -0.4 is 16.8 Å². The first-order valence-electron chi connectivity index (χ1n) is 11.2. The van der Waals surface area contributed by atoms with E-state index >= 15 is 0 Å². The molecular weight excluding hydrogens is 482 g/mol. The van der Waals surface area contributed by atoms with Gasteiger partial charge in [-0.1, -0.05) is 42.0 Å². The van der Waals surface area contributed by atoms with E-state index in [1.54, 1.807) is 12.1 Å². The maximum Gasteiger partial charge on any atom is 0.270 e. The number of amides is 3. The maximum atomic E-state index is 13.8. The lowest BCUT2D eigenvalue weighted by atomic mass is 10.0. The fourth-order valence-electron chi connectivity index (χ4n) is 3.73. The zero-order chi connectivity index (χ0) is 26.2. The molecule has 1 heterocycles. The normalized spacial score (nSPS) is 11.6. The van der Waals surface area contributed by atoms with Gasteiger partial charge in [-0.3, -0.25) is 14.4 Å². The highest BCUT2D eigenvalue weighted by Gasteiger charge is 2.34. The minimum atomic E-state index is -1.06. The summed E-state index contributed by atoms with van der Waals surface area (Å²) in [6.07, 6.45) is 0.453. The number of primary amides is 1. The number of nitrogens with two attached hydrogens (primary N) is 2. The van der Waals surface area contributed by atoms with Crippen molar-refractivity contribution in [2.45, 2.75) is 19.4 Å². The molecule has 1 aromatic heterocycles. The van der Waals surface area contributed by atoms with Crippen molar-refractivity contribution in [2.75, 3.05) is 32.5 Å². The first-order valence-corrected chi connectivity index (χ1v) is 12.0. The van der Waals surface area contributed by atoms with E-state index in [0.717, 1.165) is 22.7 Å². The molecule has 0 saturated carbocycles. The second-order valence-corrected chi connectivity index (χ2v) is 8.93. The second-order valence-electron chi connectivity index (χ2n) is 8.15. The van der Waals surface area contributed by atoms with E-state index in [2.05, 4.69) is 9.69 Å². The van der Waals surface area contributed by atoms with Gasteiger partial charge in [0.15, 0.2) is 5.69 Å². The number of nitrogens with one attached hydrogen (secondary N) is 1. The molecule has 3 aromatic rings. The van der Waals surface area contributed by atoms with Gasteiger partial charge in [-0.15, -0.1) is 0 Å². The van der Waals surface area contributed by atoms with Crippen molar-refractivity contribution in [3.63, 3.8) is 0 Å². The average Bonchev–Trinajstić information content (AvgIpc) is 3.24. The van der Waals surface area contributed by atoms with E-state index in [0.29, 0.717) is 12.0 Å². The summed E-state index contributed by atoms with van der Waals surface area (Å²) >= 11 is 0.755. The number of nitrogens with zero attached hydrogens (tertiary/aromatic N) is 2. The van der Waals surface area contributed by atoms with Gasteiger partial charge in [0.05, 0.1) is 12.3 Å². The third kappa shape index (κ3) is 6.37. The molecule has 0 radical (unpaired) electrons. The predicted octanol–water partition coefficient (Wildman–Crippen LogP) is 2.03. The van der Waals surface area contributed by atoms with E-state index < -0.39 is 23.8 Å². The Morgan fingerprint density at radius 2 is 1.92 bits per heavy atom. The Morgan fingerprint density at radius 1 is 1.19 bits per heavy atom. The SMILES string of the molecule is COCCNC(=O)[C@H](c1ccc(O)cc1)N(CCc1cccc(C)c1)C(=O)c1snc(C(N)=O)c1N. The molecule has 0 unspecified atom stereocenters. The number of phenolic OH excluding ortho intramolecular Hbond substituents is 1. The number of nitrogen functional groups attached to an aromatic ring is 1. The standard InChI is InChI=1S/C25H29N5O5S/c1-15-4-3-5-16(14-15)10-12-30(25(34)22-19(26)20(23(27)32)29-36-22)21(24(33)28-11-13-35-2)17-6-8-18(31)9-7-17/h3-9,14,21,31H,10-13,26H2,1-2H3,(H2,27,32)(H,28,33)/t21-/m0/s1. The summed E-state index contributed by atoms with van der Waals surface area (Å²) in [5.74, 6) is -1.83. The van der Waals surface area contributed by atoms with Crippen LogP contribution in [0.2, 0.25) is 0 Å². The number of rotatable bonds is 11. The van der Waals surface area contributed by atoms with Gasteiger partial charge >= 0.3 is 0 Å². The highest BCUT2D eigenvalue weighted by molar-refractivity contribution is 7.09. The molecule has 0 aliphatic rings. The van der Waals surface area contributed by atoms with Crippen LogP contribution in [-0.4, -0.2) is 58.9 Å². The summed E-state index contributed by atoms with van der Waals surface area (Å²) in [4.78, 5) is 40.3. The molecule has 0 aliphatic carbocycles. The largest absolute Gasteiger partial charge is 0.508 e. The summed E-state index contributed by atoms with van der Waals surface area (Å²) in [7, 11) is 1.52. The van der Waals surface area contributed by atoms with Gasteiger partial charge in [0, 0.05) is 20.2 Å². The van der Waals surface area contributed by atoms with Crippen molar-refractivity contribution in [1.29, 1.82) is 0 Å². The lowest BCUT2D eigenvalue weighted by Gasteiger charge is -2.31. The Morgan fingerprint density at radius 3 is 2.53 bits per heavy atom. The third-order valence-electron chi connectivity index (χ3n) is 5.51. The number of carbonyl (C=O) groups excluding carboxylic acids is 3. The Kier molecular flexibility index (Phi) is 8.98. The summed E-state index contributed by atoms with van der Waals surface area (Å²) in [6, 6.07) is 12.8. The molecule has 0 fully saturated rings. The number of aryl methyl sites for hydroxylation is 1. The number of benzene rings is 2. The summed E-state index contributed by atoms with van der Waals surface area (Å²) < 4.78 is 8.98. The molecule has 3 rings (SSSR count). The van der Waals surface area contributed by atoms with Crippen LogP contribution in [0.4, 0.5) is 5.69 Å². The van der Waals surface area contributed by atoms with Crippen LogP contribution in [0.25, 0.3) is 0 Å². The fraction of sp³-hybridized carbons (Fsp3) is 0.280. The number of aromatic nitrogens is 1. The topological polar surface area (TPSA) is 161 Å². The zero-order valence-electron chi connectivity index (χ0n) is 20.1. The first kappa shape index (κ1) is 26.6. The van der Waals surface area contributed by atoms with E-state index in [1.807, 2.05) is 31.2 Å². The van der Waals surface area contributed by atoms with Crippen LogP contribution >= 0.6 is 11.5 Å². The fourth-order valence-corrected chi connectivity index (χ4v) is 4.49. The molecule has 1 atom stereocenters. The minimum Gasteiger partial charge on any atom is -0.508 e. The van der Waals surface area contributed by atoms with Crippen molar-refractivity contribution in [3.8, 4) is 5.75 Å². The molecular formula is C25H29N5O5S. The van der Waals surface area contributed by atoms with Crippen LogP contribution in [-0.2, 0) is 16.0 Å². The first-order chi connectivity index (χ1) is 17.2. The Balaban J connectivity index is 2.05. The zero-order valence-corrected chi connectivity index (χ0v) is 20.9. The van der Waals surface area contributed by atoms with Gasteiger partial charge in [0.25, 0.3) is 11.8 Å². The Bertz CT molecular complexity index is 1230. The molecule has 0 saturated heterocycles. The highest BCUT2D eigenvalue weighted by atomic mass is 32.1. The molecule has 10 nitrogen and oxygen atoms in total. The van der Waals surface area contributed by atoms with Gasteiger partial charge < -0.3 is 31.5 Å². The molecule has 0 bridgehead atoms. The molecule has 0 aliphatic heterocycles.